The Morgan fingerprint density at radius 3 is 2.67 bits per heavy atom. The van der Waals surface area contributed by atoms with E-state index in [1.54, 1.807) is 49.6 Å². The van der Waals surface area contributed by atoms with E-state index in [0.717, 1.165) is 5.56 Å². The second-order valence-corrected chi connectivity index (χ2v) is 7.33. The van der Waals surface area contributed by atoms with Crippen molar-refractivity contribution in [3.63, 3.8) is 0 Å². The second kappa shape index (κ2) is 9.47. The first-order valence-electron chi connectivity index (χ1n) is 9.83. The maximum absolute atomic E-state index is 12.6. The molecular weight excluding hydrogens is 386 g/mol. The highest BCUT2D eigenvalue weighted by Gasteiger charge is 2.36. The standard InChI is InChI=1S/C22H27N3O5/c1-14(2)30-20-8-5-15(11-23-20)12-24-22(27)16-9-21(26)25(13-16)18-10-17(28-3)6-7-19(18)29-4/h5-8,10-11,14,16H,9,12-13H2,1-4H3,(H,24,27). The van der Waals surface area contributed by atoms with E-state index in [-0.39, 0.29) is 30.9 Å². The monoisotopic (exact) mass is 413 g/mol. The minimum absolute atomic E-state index is 0.0501. The molecule has 1 atom stereocenters. The Hall–Kier alpha value is -3.29. The van der Waals surface area contributed by atoms with Crippen molar-refractivity contribution in [1.82, 2.24) is 10.3 Å². The Morgan fingerprint density at radius 1 is 1.23 bits per heavy atom. The summed E-state index contributed by atoms with van der Waals surface area (Å²) in [6.07, 6.45) is 1.87. The van der Waals surface area contributed by atoms with Gasteiger partial charge in [0.2, 0.25) is 17.7 Å². The predicted octanol–water partition coefficient (Wildman–Crippen LogP) is 2.56. The van der Waals surface area contributed by atoms with Crippen molar-refractivity contribution >= 4 is 17.5 Å². The molecule has 1 N–H and O–H groups in total. The Bertz CT molecular complexity index is 898. The number of rotatable bonds is 8. The van der Waals surface area contributed by atoms with E-state index in [9.17, 15) is 9.59 Å². The lowest BCUT2D eigenvalue weighted by molar-refractivity contribution is -0.126. The number of benzene rings is 1. The van der Waals surface area contributed by atoms with Crippen molar-refractivity contribution in [2.24, 2.45) is 5.92 Å². The molecule has 1 saturated heterocycles. The van der Waals surface area contributed by atoms with Crippen LogP contribution in [-0.2, 0) is 16.1 Å². The van der Waals surface area contributed by atoms with Crippen molar-refractivity contribution < 1.29 is 23.8 Å². The van der Waals surface area contributed by atoms with Crippen LogP contribution in [-0.4, -0.2) is 43.7 Å². The molecule has 0 bridgehead atoms. The lowest BCUT2D eigenvalue weighted by Gasteiger charge is -2.20. The molecule has 1 aromatic heterocycles. The number of amides is 2. The van der Waals surface area contributed by atoms with Crippen LogP contribution in [0.25, 0.3) is 0 Å². The molecule has 8 nitrogen and oxygen atoms in total. The van der Waals surface area contributed by atoms with Crippen molar-refractivity contribution in [2.45, 2.75) is 32.9 Å². The quantitative estimate of drug-likeness (QED) is 0.715. The normalized spacial score (nSPS) is 16.0. The molecule has 2 aromatic rings. The van der Waals surface area contributed by atoms with Gasteiger partial charge in [-0.05, 0) is 31.5 Å². The van der Waals surface area contributed by atoms with Crippen LogP contribution in [0, 0.1) is 5.92 Å². The van der Waals surface area contributed by atoms with Gasteiger partial charge in [-0.25, -0.2) is 4.98 Å². The zero-order chi connectivity index (χ0) is 21.7. The number of methoxy groups -OCH3 is 2. The zero-order valence-corrected chi connectivity index (χ0v) is 17.7. The number of pyridine rings is 1. The molecule has 3 rings (SSSR count). The molecule has 0 spiro atoms. The average Bonchev–Trinajstić information content (AvgIpc) is 3.13. The largest absolute Gasteiger partial charge is 0.497 e. The summed E-state index contributed by atoms with van der Waals surface area (Å²) in [5.41, 5.74) is 1.46. The number of nitrogens with one attached hydrogen (secondary N) is 1. The Labute approximate surface area is 176 Å². The van der Waals surface area contributed by atoms with Gasteiger partial charge in [0.1, 0.15) is 11.5 Å². The number of hydrogen-bond acceptors (Lipinski definition) is 6. The maximum Gasteiger partial charge on any atom is 0.227 e. The first kappa shape index (κ1) is 21.4. The molecule has 0 aliphatic carbocycles. The van der Waals surface area contributed by atoms with Gasteiger partial charge in [-0.3, -0.25) is 9.59 Å². The summed E-state index contributed by atoms with van der Waals surface area (Å²) < 4.78 is 16.1. The summed E-state index contributed by atoms with van der Waals surface area (Å²) in [5.74, 6) is 0.979. The second-order valence-electron chi connectivity index (χ2n) is 7.33. The van der Waals surface area contributed by atoms with E-state index < -0.39 is 5.92 Å². The third-order valence-corrected chi connectivity index (χ3v) is 4.79. The molecule has 1 aromatic carbocycles. The molecular formula is C22H27N3O5. The highest BCUT2D eigenvalue weighted by atomic mass is 16.5. The summed E-state index contributed by atoms with van der Waals surface area (Å²) in [6, 6.07) is 8.88. The smallest absolute Gasteiger partial charge is 0.227 e. The van der Waals surface area contributed by atoms with Crippen LogP contribution in [0.4, 0.5) is 5.69 Å². The van der Waals surface area contributed by atoms with Gasteiger partial charge in [0.15, 0.2) is 0 Å². The first-order chi connectivity index (χ1) is 14.4. The average molecular weight is 413 g/mol. The van der Waals surface area contributed by atoms with Crippen LogP contribution in [0.15, 0.2) is 36.5 Å². The number of aromatic nitrogens is 1. The van der Waals surface area contributed by atoms with Crippen molar-refractivity contribution in [1.29, 1.82) is 0 Å². The zero-order valence-electron chi connectivity index (χ0n) is 17.7. The molecule has 1 unspecified atom stereocenters. The van der Waals surface area contributed by atoms with E-state index in [0.29, 0.717) is 29.6 Å². The number of carbonyl (C=O) groups excluding carboxylic acids is 2. The molecule has 30 heavy (non-hydrogen) atoms. The first-order valence-corrected chi connectivity index (χ1v) is 9.83. The van der Waals surface area contributed by atoms with Crippen LogP contribution in [0.3, 0.4) is 0 Å². The van der Waals surface area contributed by atoms with E-state index in [1.165, 1.54) is 0 Å². The summed E-state index contributed by atoms with van der Waals surface area (Å²) in [4.78, 5) is 31.0. The predicted molar refractivity (Wildman–Crippen MR) is 112 cm³/mol. The van der Waals surface area contributed by atoms with Crippen LogP contribution in [0.1, 0.15) is 25.8 Å². The minimum Gasteiger partial charge on any atom is -0.497 e. The third-order valence-electron chi connectivity index (χ3n) is 4.79. The molecule has 1 aliphatic heterocycles. The maximum atomic E-state index is 12.6. The minimum atomic E-state index is -0.440. The van der Waals surface area contributed by atoms with Crippen LogP contribution in [0.2, 0.25) is 0 Å². The van der Waals surface area contributed by atoms with Gasteiger partial charge in [0, 0.05) is 37.8 Å². The Morgan fingerprint density at radius 2 is 2.03 bits per heavy atom. The van der Waals surface area contributed by atoms with Crippen molar-refractivity contribution in [3.8, 4) is 17.4 Å². The van der Waals surface area contributed by atoms with E-state index in [1.807, 2.05) is 19.9 Å². The van der Waals surface area contributed by atoms with Gasteiger partial charge in [-0.15, -0.1) is 0 Å². The lowest BCUT2D eigenvalue weighted by atomic mass is 10.1. The molecule has 2 heterocycles. The SMILES string of the molecule is COc1ccc(OC)c(N2CC(C(=O)NCc3ccc(OC(C)C)nc3)CC2=O)c1. The molecule has 8 heteroatoms. The van der Waals surface area contributed by atoms with E-state index in [2.05, 4.69) is 10.3 Å². The third kappa shape index (κ3) is 5.00. The van der Waals surface area contributed by atoms with Crippen LogP contribution in [0.5, 0.6) is 17.4 Å². The Balaban J connectivity index is 1.61. The fourth-order valence-electron chi connectivity index (χ4n) is 3.28. The van der Waals surface area contributed by atoms with E-state index >= 15 is 0 Å². The van der Waals surface area contributed by atoms with Gasteiger partial charge in [-0.1, -0.05) is 6.07 Å². The summed E-state index contributed by atoms with van der Waals surface area (Å²) >= 11 is 0. The molecule has 160 valence electrons. The van der Waals surface area contributed by atoms with Crippen LogP contribution >= 0.6 is 0 Å². The molecule has 1 aliphatic rings. The Kier molecular flexibility index (Phi) is 6.76. The summed E-state index contributed by atoms with van der Waals surface area (Å²) in [7, 11) is 3.10. The number of hydrogen-bond donors (Lipinski definition) is 1. The molecule has 2 amide bonds. The molecule has 0 radical (unpaired) electrons. The number of carbonyl (C=O) groups is 2. The summed E-state index contributed by atoms with van der Waals surface area (Å²) in [6.45, 7) is 4.49. The van der Waals surface area contributed by atoms with Gasteiger partial charge < -0.3 is 24.4 Å². The molecule has 1 fully saturated rings. The molecule has 0 saturated carbocycles. The fraction of sp³-hybridized carbons (Fsp3) is 0.409. The van der Waals surface area contributed by atoms with Crippen molar-refractivity contribution in [2.75, 3.05) is 25.7 Å². The summed E-state index contributed by atoms with van der Waals surface area (Å²) in [5, 5.41) is 2.89. The van der Waals surface area contributed by atoms with Gasteiger partial charge in [-0.2, -0.15) is 0 Å². The lowest BCUT2D eigenvalue weighted by Crippen LogP contribution is -2.32. The highest BCUT2D eigenvalue weighted by molar-refractivity contribution is 6.01. The highest BCUT2D eigenvalue weighted by Crippen LogP contribution is 2.36. The van der Waals surface area contributed by atoms with Crippen LogP contribution < -0.4 is 24.4 Å². The van der Waals surface area contributed by atoms with Gasteiger partial charge in [0.25, 0.3) is 0 Å². The number of ether oxygens (including phenoxy) is 3. The topological polar surface area (TPSA) is 90.0 Å². The van der Waals surface area contributed by atoms with Gasteiger partial charge >= 0.3 is 0 Å². The number of nitrogens with zero attached hydrogens (tertiary/aromatic N) is 2. The fourth-order valence-corrected chi connectivity index (χ4v) is 3.28. The van der Waals surface area contributed by atoms with Gasteiger partial charge in [0.05, 0.1) is 31.9 Å². The van der Waals surface area contributed by atoms with Crippen molar-refractivity contribution in [3.05, 3.63) is 42.1 Å². The number of anilines is 1. The van der Waals surface area contributed by atoms with E-state index in [4.69, 9.17) is 14.2 Å².